The molecule has 4 nitrogen and oxygen atoms in total. The summed E-state index contributed by atoms with van der Waals surface area (Å²) in [6.45, 7) is 3.89. The van der Waals surface area contributed by atoms with E-state index in [4.69, 9.17) is 10.2 Å². The normalized spacial score (nSPS) is 16.5. The standard InChI is InChI=1S/C17H22N2O2/c1-2-3-12-6-8-19(9-7-12)17(20)16-11-13-10-14(18)4-5-15(13)21-16/h4-5,10-12H,2-3,6-9,18H2,1H3. The third-order valence-electron chi connectivity index (χ3n) is 4.35. The molecule has 0 aliphatic carbocycles. The number of nitrogens with zero attached hydrogens (tertiary/aromatic N) is 1. The zero-order chi connectivity index (χ0) is 14.8. The van der Waals surface area contributed by atoms with Crippen molar-refractivity contribution in [3.8, 4) is 0 Å². The number of nitrogens with two attached hydrogens (primary N) is 1. The van der Waals surface area contributed by atoms with Crippen LogP contribution in [0.4, 0.5) is 5.69 Å². The lowest BCUT2D eigenvalue weighted by Gasteiger charge is -2.31. The van der Waals surface area contributed by atoms with Crippen LogP contribution >= 0.6 is 0 Å². The van der Waals surface area contributed by atoms with Gasteiger partial charge in [0, 0.05) is 24.2 Å². The molecule has 4 heteroatoms. The molecule has 112 valence electrons. The highest BCUT2D eigenvalue weighted by molar-refractivity contribution is 5.96. The number of anilines is 1. The quantitative estimate of drug-likeness (QED) is 0.876. The molecule has 0 atom stereocenters. The van der Waals surface area contributed by atoms with Crippen molar-refractivity contribution in [2.75, 3.05) is 18.8 Å². The van der Waals surface area contributed by atoms with Crippen molar-refractivity contribution >= 4 is 22.6 Å². The second kappa shape index (κ2) is 5.80. The Balaban J connectivity index is 1.72. The van der Waals surface area contributed by atoms with Crippen LogP contribution in [-0.2, 0) is 0 Å². The molecule has 0 saturated carbocycles. The Morgan fingerprint density at radius 2 is 2.10 bits per heavy atom. The highest BCUT2D eigenvalue weighted by Crippen LogP contribution is 2.26. The van der Waals surface area contributed by atoms with Crippen molar-refractivity contribution in [1.82, 2.24) is 4.90 Å². The molecule has 1 saturated heterocycles. The number of benzene rings is 1. The minimum Gasteiger partial charge on any atom is -0.451 e. The van der Waals surface area contributed by atoms with Gasteiger partial charge in [0.15, 0.2) is 5.76 Å². The van der Waals surface area contributed by atoms with Crippen molar-refractivity contribution in [2.24, 2.45) is 5.92 Å². The number of fused-ring (bicyclic) bond motifs is 1. The molecule has 2 N–H and O–H groups in total. The number of nitrogen functional groups attached to an aromatic ring is 1. The summed E-state index contributed by atoms with van der Waals surface area (Å²) in [5.41, 5.74) is 7.16. The van der Waals surface area contributed by atoms with Gasteiger partial charge in [0.2, 0.25) is 0 Å². The Morgan fingerprint density at radius 1 is 1.33 bits per heavy atom. The van der Waals surface area contributed by atoms with Crippen LogP contribution in [0, 0.1) is 5.92 Å². The van der Waals surface area contributed by atoms with E-state index in [0.29, 0.717) is 17.0 Å². The highest BCUT2D eigenvalue weighted by Gasteiger charge is 2.25. The van der Waals surface area contributed by atoms with Crippen molar-refractivity contribution in [2.45, 2.75) is 32.6 Å². The molecule has 1 amide bonds. The second-order valence-corrected chi connectivity index (χ2v) is 5.93. The van der Waals surface area contributed by atoms with Gasteiger partial charge in [-0.05, 0) is 43.0 Å². The highest BCUT2D eigenvalue weighted by atomic mass is 16.3. The van der Waals surface area contributed by atoms with Crippen LogP contribution in [-0.4, -0.2) is 23.9 Å². The Bertz CT molecular complexity index is 639. The summed E-state index contributed by atoms with van der Waals surface area (Å²) in [6, 6.07) is 7.24. The summed E-state index contributed by atoms with van der Waals surface area (Å²) in [4.78, 5) is 14.4. The smallest absolute Gasteiger partial charge is 0.289 e. The average Bonchev–Trinajstić information content (AvgIpc) is 2.90. The zero-order valence-corrected chi connectivity index (χ0v) is 12.5. The van der Waals surface area contributed by atoms with Gasteiger partial charge < -0.3 is 15.1 Å². The number of amides is 1. The molecule has 2 aromatic rings. The number of piperidine rings is 1. The van der Waals surface area contributed by atoms with Gasteiger partial charge in [-0.25, -0.2) is 0 Å². The molecule has 1 aliphatic rings. The summed E-state index contributed by atoms with van der Waals surface area (Å²) in [6.07, 6.45) is 4.70. The molecule has 21 heavy (non-hydrogen) atoms. The molecule has 3 rings (SSSR count). The number of carbonyl (C=O) groups is 1. The van der Waals surface area contributed by atoms with Crippen molar-refractivity contribution < 1.29 is 9.21 Å². The van der Waals surface area contributed by atoms with Crippen molar-refractivity contribution in [3.63, 3.8) is 0 Å². The predicted octanol–water partition coefficient (Wildman–Crippen LogP) is 3.67. The molecular weight excluding hydrogens is 264 g/mol. The predicted molar refractivity (Wildman–Crippen MR) is 84.2 cm³/mol. The Morgan fingerprint density at radius 3 is 2.81 bits per heavy atom. The van der Waals surface area contributed by atoms with E-state index in [9.17, 15) is 4.79 Å². The van der Waals surface area contributed by atoms with Gasteiger partial charge >= 0.3 is 0 Å². The first kappa shape index (κ1) is 14.0. The molecule has 1 aliphatic heterocycles. The molecule has 0 radical (unpaired) electrons. The number of carbonyl (C=O) groups excluding carboxylic acids is 1. The summed E-state index contributed by atoms with van der Waals surface area (Å²) >= 11 is 0. The minimum absolute atomic E-state index is 0.000259. The fourth-order valence-electron chi connectivity index (χ4n) is 3.16. The average molecular weight is 286 g/mol. The van der Waals surface area contributed by atoms with Gasteiger partial charge in [-0.2, -0.15) is 0 Å². The van der Waals surface area contributed by atoms with Crippen LogP contribution in [0.25, 0.3) is 11.0 Å². The molecular formula is C17H22N2O2. The van der Waals surface area contributed by atoms with E-state index in [2.05, 4.69) is 6.92 Å². The zero-order valence-electron chi connectivity index (χ0n) is 12.5. The van der Waals surface area contributed by atoms with E-state index in [1.54, 1.807) is 12.1 Å². The summed E-state index contributed by atoms with van der Waals surface area (Å²) in [5, 5.41) is 0.888. The lowest BCUT2D eigenvalue weighted by Crippen LogP contribution is -2.38. The maximum Gasteiger partial charge on any atom is 0.289 e. The molecule has 2 heterocycles. The van der Waals surface area contributed by atoms with Crippen LogP contribution < -0.4 is 5.73 Å². The van der Waals surface area contributed by atoms with E-state index >= 15 is 0 Å². The maximum atomic E-state index is 12.5. The molecule has 1 aromatic carbocycles. The number of hydrogen-bond acceptors (Lipinski definition) is 3. The fraction of sp³-hybridized carbons (Fsp3) is 0.471. The lowest BCUT2D eigenvalue weighted by atomic mass is 9.92. The Labute approximate surface area is 124 Å². The van der Waals surface area contributed by atoms with E-state index in [1.807, 2.05) is 17.0 Å². The molecule has 0 unspecified atom stereocenters. The summed E-state index contributed by atoms with van der Waals surface area (Å²) in [7, 11) is 0. The first-order chi connectivity index (χ1) is 10.2. The van der Waals surface area contributed by atoms with Crippen LogP contribution in [0.15, 0.2) is 28.7 Å². The SMILES string of the molecule is CCCC1CCN(C(=O)c2cc3cc(N)ccc3o2)CC1. The van der Waals surface area contributed by atoms with Gasteiger partial charge in [0.1, 0.15) is 5.58 Å². The van der Waals surface area contributed by atoms with Gasteiger partial charge in [0.25, 0.3) is 5.91 Å². The van der Waals surface area contributed by atoms with Gasteiger partial charge in [-0.1, -0.05) is 19.8 Å². The molecule has 0 bridgehead atoms. The van der Waals surface area contributed by atoms with E-state index in [-0.39, 0.29) is 5.91 Å². The first-order valence-corrected chi connectivity index (χ1v) is 7.75. The third-order valence-corrected chi connectivity index (χ3v) is 4.35. The van der Waals surface area contributed by atoms with E-state index in [1.165, 1.54) is 12.8 Å². The van der Waals surface area contributed by atoms with Crippen LogP contribution in [0.3, 0.4) is 0 Å². The molecule has 1 fully saturated rings. The number of likely N-dealkylation sites (tertiary alicyclic amines) is 1. The third kappa shape index (κ3) is 2.89. The van der Waals surface area contributed by atoms with Crippen LogP contribution in [0.5, 0.6) is 0 Å². The first-order valence-electron chi connectivity index (χ1n) is 7.75. The van der Waals surface area contributed by atoms with E-state index in [0.717, 1.165) is 37.2 Å². The molecule has 0 spiro atoms. The van der Waals surface area contributed by atoms with Crippen LogP contribution in [0.2, 0.25) is 0 Å². The van der Waals surface area contributed by atoms with Gasteiger partial charge in [-0.15, -0.1) is 0 Å². The maximum absolute atomic E-state index is 12.5. The monoisotopic (exact) mass is 286 g/mol. The molecule has 1 aromatic heterocycles. The number of hydrogen-bond donors (Lipinski definition) is 1. The van der Waals surface area contributed by atoms with Crippen LogP contribution in [0.1, 0.15) is 43.2 Å². The van der Waals surface area contributed by atoms with Gasteiger partial charge in [-0.3, -0.25) is 4.79 Å². The van der Waals surface area contributed by atoms with Gasteiger partial charge in [0.05, 0.1) is 0 Å². The van der Waals surface area contributed by atoms with Crippen molar-refractivity contribution in [3.05, 3.63) is 30.0 Å². The summed E-state index contributed by atoms with van der Waals surface area (Å²) < 4.78 is 5.67. The second-order valence-electron chi connectivity index (χ2n) is 5.93. The van der Waals surface area contributed by atoms with Crippen molar-refractivity contribution in [1.29, 1.82) is 0 Å². The minimum atomic E-state index is -0.000259. The fourth-order valence-corrected chi connectivity index (χ4v) is 3.16. The Kier molecular flexibility index (Phi) is 3.86. The Hall–Kier alpha value is -1.97. The topological polar surface area (TPSA) is 59.5 Å². The van der Waals surface area contributed by atoms with E-state index < -0.39 is 0 Å². The largest absolute Gasteiger partial charge is 0.451 e. The number of rotatable bonds is 3. The summed E-state index contributed by atoms with van der Waals surface area (Å²) in [5.74, 6) is 1.19. The lowest BCUT2D eigenvalue weighted by molar-refractivity contribution is 0.0657. The number of furan rings is 1.